The Kier molecular flexibility index (Phi) is 68.9. The number of ether oxygens (including phenoxy) is 4. The van der Waals surface area contributed by atoms with Gasteiger partial charge < -0.3 is 33.8 Å². The van der Waals surface area contributed by atoms with Crippen molar-refractivity contribution in [2.75, 3.05) is 39.6 Å². The van der Waals surface area contributed by atoms with Crippen LogP contribution >= 0.6 is 15.6 Å². The fourth-order valence-electron chi connectivity index (χ4n) is 10.4. The summed E-state index contributed by atoms with van der Waals surface area (Å²) in [6, 6.07) is 0. The summed E-state index contributed by atoms with van der Waals surface area (Å²) in [4.78, 5) is 72.8. The van der Waals surface area contributed by atoms with Gasteiger partial charge in [-0.1, -0.05) is 286 Å². The average molecular weight is 1420 g/mol. The third kappa shape index (κ3) is 70.7. The Bertz CT molecular complexity index is 2190. The molecule has 5 atom stereocenters. The Morgan fingerprint density at radius 2 is 0.551 bits per heavy atom. The van der Waals surface area contributed by atoms with Crippen molar-refractivity contribution in [3.63, 3.8) is 0 Å². The van der Waals surface area contributed by atoms with Crippen LogP contribution in [0.1, 0.15) is 336 Å². The third-order valence-corrected chi connectivity index (χ3v) is 18.2. The molecule has 0 aromatic rings. The summed E-state index contributed by atoms with van der Waals surface area (Å²) in [5.74, 6) is -2.24. The van der Waals surface area contributed by atoms with Crippen LogP contribution < -0.4 is 0 Å². The van der Waals surface area contributed by atoms with Crippen molar-refractivity contribution < 1.29 is 80.2 Å². The summed E-state index contributed by atoms with van der Waals surface area (Å²) in [5.41, 5.74) is 0. The van der Waals surface area contributed by atoms with E-state index in [4.69, 9.17) is 37.0 Å². The van der Waals surface area contributed by atoms with Gasteiger partial charge in [-0.25, -0.2) is 9.13 Å². The minimum absolute atomic E-state index is 0.0741. The van der Waals surface area contributed by atoms with Crippen molar-refractivity contribution in [3.8, 4) is 0 Å². The van der Waals surface area contributed by atoms with Crippen LogP contribution in [-0.2, 0) is 65.4 Å². The van der Waals surface area contributed by atoms with Gasteiger partial charge in [0.15, 0.2) is 12.2 Å². The molecular formula is C79H140O17P2. The Balaban J connectivity index is 5.36. The Morgan fingerprint density at radius 1 is 0.296 bits per heavy atom. The number of phosphoric acid groups is 2. The molecule has 0 aliphatic carbocycles. The smallest absolute Gasteiger partial charge is 0.462 e. The van der Waals surface area contributed by atoms with Crippen LogP contribution in [0.2, 0.25) is 0 Å². The standard InChI is InChI=1S/C79H140O17P2/c1-5-9-13-17-21-25-29-32-35-36-39-41-45-48-52-56-60-64-77(82)90-70-75(96-79(84)66-62-58-54-50-46-42-38-34-31-27-23-19-15-11-7-3)72-94-98(87,88)92-68-73(80)67-91-97(85,86)93-71-74(95-78(83)65-61-57-53-49-43-28-24-20-16-12-8-4)69-89-76(81)63-59-55-51-47-44-40-37-33-30-26-22-18-14-10-6-2/h9,13,20-21,24-25,32,34-35,38-39,41,48,52,73-75,80H,5-8,10-12,14-19,22-23,26-31,33,36-37,40,42-47,49-51,53-72H2,1-4H3,(H,85,86)(H,87,88)/b13-9-,24-20-,25-21-,35-32-,38-34-,41-39-,52-48-. The third-order valence-electron chi connectivity index (χ3n) is 16.3. The van der Waals surface area contributed by atoms with Gasteiger partial charge in [-0.2, -0.15) is 0 Å². The van der Waals surface area contributed by atoms with Crippen molar-refractivity contribution in [2.45, 2.75) is 354 Å². The molecule has 0 radical (unpaired) electrons. The highest BCUT2D eigenvalue weighted by molar-refractivity contribution is 7.47. The molecular weight excluding hydrogens is 1280 g/mol. The largest absolute Gasteiger partial charge is 0.472 e. The van der Waals surface area contributed by atoms with Crippen molar-refractivity contribution in [1.29, 1.82) is 0 Å². The summed E-state index contributed by atoms with van der Waals surface area (Å²) in [7, 11) is -9.96. The molecule has 0 aromatic carbocycles. The summed E-state index contributed by atoms with van der Waals surface area (Å²) in [6.07, 6.45) is 73.0. The molecule has 0 aromatic heterocycles. The van der Waals surface area contributed by atoms with Gasteiger partial charge in [-0.3, -0.25) is 37.3 Å². The van der Waals surface area contributed by atoms with Crippen LogP contribution in [0.5, 0.6) is 0 Å². The number of rotatable bonds is 73. The summed E-state index contributed by atoms with van der Waals surface area (Å²) >= 11 is 0. The number of hydrogen-bond acceptors (Lipinski definition) is 15. The first-order chi connectivity index (χ1) is 47.7. The molecule has 17 nitrogen and oxygen atoms in total. The van der Waals surface area contributed by atoms with Gasteiger partial charge in [0, 0.05) is 25.7 Å². The fourth-order valence-corrected chi connectivity index (χ4v) is 12.0. The van der Waals surface area contributed by atoms with Crippen molar-refractivity contribution >= 4 is 39.5 Å². The lowest BCUT2D eigenvalue weighted by Crippen LogP contribution is -2.30. The summed E-state index contributed by atoms with van der Waals surface area (Å²) in [6.45, 7) is 4.67. The Hall–Kier alpha value is -3.76. The summed E-state index contributed by atoms with van der Waals surface area (Å²) < 4.78 is 68.4. The maximum atomic E-state index is 13.1. The molecule has 0 rings (SSSR count). The van der Waals surface area contributed by atoms with E-state index in [1.807, 2.05) is 12.2 Å². The average Bonchev–Trinajstić information content (AvgIpc) is 0.986. The molecule has 5 unspecified atom stereocenters. The monoisotopic (exact) mass is 1420 g/mol. The first kappa shape index (κ1) is 94.2. The van der Waals surface area contributed by atoms with E-state index in [1.165, 1.54) is 122 Å². The zero-order valence-electron chi connectivity index (χ0n) is 62.0. The number of unbranched alkanes of at least 4 members (excludes halogenated alkanes) is 33. The highest BCUT2D eigenvalue weighted by Gasteiger charge is 2.30. The molecule has 98 heavy (non-hydrogen) atoms. The second-order valence-electron chi connectivity index (χ2n) is 25.9. The zero-order valence-corrected chi connectivity index (χ0v) is 63.7. The molecule has 0 bridgehead atoms. The van der Waals surface area contributed by atoms with Crippen LogP contribution in [0, 0.1) is 0 Å². The number of esters is 4. The van der Waals surface area contributed by atoms with Crippen molar-refractivity contribution in [1.82, 2.24) is 0 Å². The van der Waals surface area contributed by atoms with Crippen LogP contribution in [-0.4, -0.2) is 96.7 Å². The highest BCUT2D eigenvalue weighted by atomic mass is 31.2. The van der Waals surface area contributed by atoms with E-state index in [1.54, 1.807) is 0 Å². The second kappa shape index (κ2) is 71.6. The van der Waals surface area contributed by atoms with E-state index in [9.17, 15) is 43.2 Å². The van der Waals surface area contributed by atoms with Gasteiger partial charge >= 0.3 is 39.5 Å². The minimum atomic E-state index is -4.98. The number of aliphatic hydroxyl groups is 1. The molecule has 3 N–H and O–H groups in total. The Morgan fingerprint density at radius 3 is 0.898 bits per heavy atom. The summed E-state index contributed by atoms with van der Waals surface area (Å²) in [5, 5.41) is 10.6. The van der Waals surface area contributed by atoms with E-state index in [0.717, 1.165) is 128 Å². The first-order valence-corrected chi connectivity index (χ1v) is 41.8. The lowest BCUT2D eigenvalue weighted by Gasteiger charge is -2.21. The molecule has 0 spiro atoms. The number of aliphatic hydroxyl groups excluding tert-OH is 1. The van der Waals surface area contributed by atoms with Gasteiger partial charge in [-0.15, -0.1) is 0 Å². The van der Waals surface area contributed by atoms with E-state index < -0.39 is 97.5 Å². The molecule has 568 valence electrons. The molecule has 0 saturated heterocycles. The highest BCUT2D eigenvalue weighted by Crippen LogP contribution is 2.45. The molecule has 0 fully saturated rings. The number of hydrogen-bond donors (Lipinski definition) is 3. The van der Waals surface area contributed by atoms with Gasteiger partial charge in [0.25, 0.3) is 0 Å². The lowest BCUT2D eigenvalue weighted by atomic mass is 10.0. The molecule has 0 amide bonds. The second-order valence-corrected chi connectivity index (χ2v) is 28.8. The normalized spacial score (nSPS) is 14.4. The van der Waals surface area contributed by atoms with E-state index in [0.29, 0.717) is 32.1 Å². The van der Waals surface area contributed by atoms with E-state index in [-0.39, 0.29) is 25.7 Å². The number of carbonyl (C=O) groups is 4. The fraction of sp³-hybridized carbons (Fsp3) is 0.772. The van der Waals surface area contributed by atoms with Crippen LogP contribution in [0.25, 0.3) is 0 Å². The zero-order chi connectivity index (χ0) is 71.8. The Labute approximate surface area is 595 Å². The van der Waals surface area contributed by atoms with Gasteiger partial charge in [-0.05, 0) is 109 Å². The predicted octanol–water partition coefficient (Wildman–Crippen LogP) is 22.2. The maximum Gasteiger partial charge on any atom is 0.472 e. The minimum Gasteiger partial charge on any atom is -0.462 e. The van der Waals surface area contributed by atoms with Gasteiger partial charge in [0.05, 0.1) is 26.4 Å². The number of phosphoric ester groups is 2. The van der Waals surface area contributed by atoms with Crippen molar-refractivity contribution in [2.24, 2.45) is 0 Å². The van der Waals surface area contributed by atoms with E-state index >= 15 is 0 Å². The number of allylic oxidation sites excluding steroid dienone is 14. The molecule has 0 aliphatic heterocycles. The first-order valence-electron chi connectivity index (χ1n) is 38.8. The maximum absolute atomic E-state index is 13.1. The SMILES string of the molecule is CC/C=C\C/C=C\C/C=C\C/C=C\C/C=C\CCCC(=O)OCC(COP(=O)(O)OCC(O)COP(=O)(O)OCC(COC(=O)CCCCCCCCCCCCCCCCC)OC(=O)CCCCCCC/C=C\CCCC)OC(=O)CCCCCCC/C=C\CCCCCCCC. The molecule has 19 heteroatoms. The topological polar surface area (TPSA) is 237 Å². The van der Waals surface area contributed by atoms with Crippen LogP contribution in [0.3, 0.4) is 0 Å². The number of carbonyl (C=O) groups excluding carboxylic acids is 4. The lowest BCUT2D eigenvalue weighted by molar-refractivity contribution is -0.161. The van der Waals surface area contributed by atoms with Gasteiger partial charge in [0.1, 0.15) is 19.3 Å². The van der Waals surface area contributed by atoms with Gasteiger partial charge in [0.2, 0.25) is 0 Å². The van der Waals surface area contributed by atoms with Crippen LogP contribution in [0.15, 0.2) is 85.1 Å². The van der Waals surface area contributed by atoms with Crippen LogP contribution in [0.4, 0.5) is 0 Å². The molecule has 0 saturated carbocycles. The molecule has 0 aliphatic rings. The van der Waals surface area contributed by atoms with E-state index in [2.05, 4.69) is 101 Å². The quantitative estimate of drug-likeness (QED) is 0.0169. The predicted molar refractivity (Wildman–Crippen MR) is 399 cm³/mol. The van der Waals surface area contributed by atoms with Crippen molar-refractivity contribution in [3.05, 3.63) is 85.1 Å². The molecule has 0 heterocycles.